The van der Waals surface area contributed by atoms with Crippen LogP contribution in [-0.2, 0) is 6.42 Å². The first-order chi connectivity index (χ1) is 10.2. The molecule has 0 heteroatoms. The van der Waals surface area contributed by atoms with Gasteiger partial charge in [-0.25, -0.2) is 0 Å². The molecule has 0 aromatic heterocycles. The number of hydrogen-bond acceptors (Lipinski definition) is 0. The molecule has 1 aromatic rings. The van der Waals surface area contributed by atoms with Crippen molar-refractivity contribution in [3.63, 3.8) is 0 Å². The third kappa shape index (κ3) is 3.03. The number of fused-ring (bicyclic) bond motifs is 3. The van der Waals surface area contributed by atoms with Gasteiger partial charge in [-0.05, 0) is 68.1 Å². The molecule has 3 fully saturated rings. The third-order valence-electron chi connectivity index (χ3n) is 6.12. The molecule has 0 heterocycles. The molecule has 4 rings (SSSR count). The van der Waals surface area contributed by atoms with Crippen LogP contribution in [0.4, 0.5) is 0 Å². The van der Waals surface area contributed by atoms with Crippen molar-refractivity contribution >= 4 is 0 Å². The maximum absolute atomic E-state index is 3.68. The molecule has 0 N–H and O–H groups in total. The van der Waals surface area contributed by atoms with Crippen LogP contribution in [-0.4, -0.2) is 0 Å². The van der Waals surface area contributed by atoms with E-state index in [1.54, 1.807) is 0 Å². The summed E-state index contributed by atoms with van der Waals surface area (Å²) >= 11 is 0. The average Bonchev–Trinajstić information content (AvgIpc) is 2.56. The van der Waals surface area contributed by atoms with E-state index in [2.05, 4.69) is 50.0 Å². The fourth-order valence-corrected chi connectivity index (χ4v) is 4.23. The van der Waals surface area contributed by atoms with E-state index in [4.69, 9.17) is 0 Å². The summed E-state index contributed by atoms with van der Waals surface area (Å²) in [6, 6.07) is 8.90. The van der Waals surface area contributed by atoms with Crippen molar-refractivity contribution in [2.45, 2.75) is 71.6 Å². The smallest absolute Gasteiger partial charge is 0.0319 e. The summed E-state index contributed by atoms with van der Waals surface area (Å²) in [5, 5.41) is 0. The molecule has 1 aromatic carbocycles. The van der Waals surface area contributed by atoms with Gasteiger partial charge in [-0.2, -0.15) is 0 Å². The lowest BCUT2D eigenvalue weighted by molar-refractivity contribution is 0.0243. The lowest BCUT2D eigenvalue weighted by Gasteiger charge is -2.51. The first kappa shape index (κ1) is 14.7. The molecule has 2 bridgehead atoms. The van der Waals surface area contributed by atoms with Gasteiger partial charge < -0.3 is 0 Å². The monoisotopic (exact) mass is 280 g/mol. The Morgan fingerprint density at radius 1 is 0.905 bits per heavy atom. The number of hydrogen-bond donors (Lipinski definition) is 0. The number of rotatable bonds is 3. The molecule has 112 valence electrons. The zero-order chi connectivity index (χ0) is 14.8. The molecule has 21 heavy (non-hydrogen) atoms. The van der Waals surface area contributed by atoms with Gasteiger partial charge in [0.1, 0.15) is 0 Å². The second kappa shape index (κ2) is 5.88. The Kier molecular flexibility index (Phi) is 4.12. The molecular formula is C21H28. The average molecular weight is 280 g/mol. The highest BCUT2D eigenvalue weighted by molar-refractivity contribution is 5.38. The van der Waals surface area contributed by atoms with Crippen molar-refractivity contribution in [2.75, 3.05) is 0 Å². The minimum absolute atomic E-state index is 0.346. The Bertz CT molecular complexity index is 513. The molecule has 3 aliphatic carbocycles. The van der Waals surface area contributed by atoms with E-state index >= 15 is 0 Å². The van der Waals surface area contributed by atoms with E-state index < -0.39 is 0 Å². The normalized spacial score (nSPS) is 30.8. The van der Waals surface area contributed by atoms with E-state index in [0.29, 0.717) is 10.8 Å². The summed E-state index contributed by atoms with van der Waals surface area (Å²) in [5.41, 5.74) is 3.66. The van der Waals surface area contributed by atoms with E-state index in [-0.39, 0.29) is 0 Å². The zero-order valence-corrected chi connectivity index (χ0v) is 13.7. The molecule has 0 spiro atoms. The fourth-order valence-electron chi connectivity index (χ4n) is 4.23. The molecular weight excluding hydrogens is 252 g/mol. The third-order valence-corrected chi connectivity index (χ3v) is 6.12. The van der Waals surface area contributed by atoms with Crippen LogP contribution >= 0.6 is 0 Å². The van der Waals surface area contributed by atoms with Gasteiger partial charge in [0.05, 0.1) is 0 Å². The molecule has 0 atom stereocenters. The van der Waals surface area contributed by atoms with Crippen LogP contribution in [0.1, 0.15) is 76.3 Å². The van der Waals surface area contributed by atoms with Crippen molar-refractivity contribution < 1.29 is 0 Å². The summed E-state index contributed by atoms with van der Waals surface area (Å²) in [6.07, 6.45) is 12.0. The van der Waals surface area contributed by atoms with Gasteiger partial charge in [-0.3, -0.25) is 0 Å². The van der Waals surface area contributed by atoms with E-state index in [0.717, 1.165) is 0 Å². The summed E-state index contributed by atoms with van der Waals surface area (Å²) in [6.45, 7) is 4.61. The van der Waals surface area contributed by atoms with Crippen molar-refractivity contribution in [1.82, 2.24) is 0 Å². The minimum Gasteiger partial charge on any atom is -0.0911 e. The molecule has 0 radical (unpaired) electrons. The van der Waals surface area contributed by atoms with Crippen LogP contribution < -0.4 is 0 Å². The predicted molar refractivity (Wildman–Crippen MR) is 90.2 cm³/mol. The standard InChI is InChI=1S/C21H28/c1-3-5-18-6-8-19(9-7-18)10-11-21-15-12-20(4-2,13-16-21)14-17-21/h6-9H,3-5,12-17H2,1-2H3. The SMILES string of the molecule is CCCc1ccc(C#CC23CCC(CC)(CC2)CC3)cc1. The molecule has 0 aliphatic heterocycles. The Morgan fingerprint density at radius 2 is 1.52 bits per heavy atom. The Labute approximate surface area is 130 Å². The molecule has 0 amide bonds. The van der Waals surface area contributed by atoms with Gasteiger partial charge in [0.25, 0.3) is 0 Å². The van der Waals surface area contributed by atoms with Gasteiger partial charge in [0.2, 0.25) is 0 Å². The van der Waals surface area contributed by atoms with E-state index in [9.17, 15) is 0 Å². The number of benzene rings is 1. The van der Waals surface area contributed by atoms with Crippen LogP contribution in [0.2, 0.25) is 0 Å². The van der Waals surface area contributed by atoms with E-state index in [1.165, 1.54) is 68.9 Å². The molecule has 3 aliphatic rings. The first-order valence-electron chi connectivity index (χ1n) is 8.81. The Hall–Kier alpha value is -1.22. The van der Waals surface area contributed by atoms with Gasteiger partial charge in [-0.15, -0.1) is 0 Å². The van der Waals surface area contributed by atoms with Gasteiger partial charge in [-0.1, -0.05) is 50.7 Å². The molecule has 3 saturated carbocycles. The lowest BCUT2D eigenvalue weighted by atomic mass is 9.53. The fraction of sp³-hybridized carbons (Fsp3) is 0.619. The summed E-state index contributed by atoms with van der Waals surface area (Å²) < 4.78 is 0. The zero-order valence-electron chi connectivity index (χ0n) is 13.7. The van der Waals surface area contributed by atoms with Gasteiger partial charge >= 0.3 is 0 Å². The Balaban J connectivity index is 1.70. The second-order valence-electron chi connectivity index (χ2n) is 7.33. The highest BCUT2D eigenvalue weighted by atomic mass is 14.5. The highest BCUT2D eigenvalue weighted by Crippen LogP contribution is 2.57. The van der Waals surface area contributed by atoms with Crippen LogP contribution in [0.3, 0.4) is 0 Å². The van der Waals surface area contributed by atoms with Crippen LogP contribution in [0.5, 0.6) is 0 Å². The van der Waals surface area contributed by atoms with Gasteiger partial charge in [0.15, 0.2) is 0 Å². The highest BCUT2D eigenvalue weighted by Gasteiger charge is 2.46. The summed E-state index contributed by atoms with van der Waals surface area (Å²) in [7, 11) is 0. The van der Waals surface area contributed by atoms with Gasteiger partial charge in [0, 0.05) is 11.0 Å². The molecule has 0 nitrogen and oxygen atoms in total. The van der Waals surface area contributed by atoms with Crippen LogP contribution in [0.15, 0.2) is 24.3 Å². The van der Waals surface area contributed by atoms with Crippen molar-refractivity contribution in [1.29, 1.82) is 0 Å². The largest absolute Gasteiger partial charge is 0.0911 e. The van der Waals surface area contributed by atoms with Crippen molar-refractivity contribution in [3.8, 4) is 11.8 Å². The van der Waals surface area contributed by atoms with Crippen molar-refractivity contribution in [2.24, 2.45) is 10.8 Å². The first-order valence-corrected chi connectivity index (χ1v) is 8.81. The number of aryl methyl sites for hydroxylation is 1. The Morgan fingerprint density at radius 3 is 2.05 bits per heavy atom. The maximum atomic E-state index is 3.68. The van der Waals surface area contributed by atoms with Crippen LogP contribution in [0.25, 0.3) is 0 Å². The van der Waals surface area contributed by atoms with Crippen LogP contribution in [0, 0.1) is 22.7 Å². The van der Waals surface area contributed by atoms with Crippen molar-refractivity contribution in [3.05, 3.63) is 35.4 Å². The predicted octanol–water partition coefficient (Wildman–Crippen LogP) is 5.74. The second-order valence-corrected chi connectivity index (χ2v) is 7.33. The maximum Gasteiger partial charge on any atom is 0.0319 e. The quantitative estimate of drug-likeness (QED) is 0.619. The topological polar surface area (TPSA) is 0 Å². The van der Waals surface area contributed by atoms with E-state index in [1.807, 2.05) is 0 Å². The summed E-state index contributed by atoms with van der Waals surface area (Å²) in [5.74, 6) is 7.16. The molecule has 0 saturated heterocycles. The minimum atomic E-state index is 0.346. The lowest BCUT2D eigenvalue weighted by Crippen LogP contribution is -2.40. The summed E-state index contributed by atoms with van der Waals surface area (Å²) in [4.78, 5) is 0. The molecule has 0 unspecified atom stereocenters.